The Morgan fingerprint density at radius 3 is 2.70 bits per heavy atom. The van der Waals surface area contributed by atoms with E-state index in [0.29, 0.717) is 18.1 Å². The standard InChI is InChI=1S/C15H24N2O2S/c1-4-17(11-15(2,3)18)8-9-19-13-7-5-6-12(10-13)14(16)20/h5-7,10,18H,4,8-9,11H2,1-3H3,(H2,16,20). The Hall–Kier alpha value is -1.17. The molecule has 1 aromatic rings. The summed E-state index contributed by atoms with van der Waals surface area (Å²) in [4.78, 5) is 2.52. The van der Waals surface area contributed by atoms with E-state index in [4.69, 9.17) is 22.7 Å². The lowest BCUT2D eigenvalue weighted by atomic mass is 10.1. The molecule has 0 saturated heterocycles. The van der Waals surface area contributed by atoms with Crippen LogP contribution in [0.25, 0.3) is 0 Å². The van der Waals surface area contributed by atoms with Gasteiger partial charge in [-0.3, -0.25) is 4.90 Å². The zero-order valence-corrected chi connectivity index (χ0v) is 13.2. The molecule has 0 heterocycles. The Kier molecular flexibility index (Phi) is 6.39. The van der Waals surface area contributed by atoms with E-state index in [2.05, 4.69) is 11.8 Å². The molecule has 0 fully saturated rings. The molecule has 0 atom stereocenters. The van der Waals surface area contributed by atoms with Crippen LogP contribution in [0.4, 0.5) is 0 Å². The topological polar surface area (TPSA) is 58.7 Å². The molecule has 0 amide bonds. The highest BCUT2D eigenvalue weighted by Crippen LogP contribution is 2.13. The predicted octanol–water partition coefficient (Wildman–Crippen LogP) is 1.79. The number of aliphatic hydroxyl groups is 1. The van der Waals surface area contributed by atoms with Crippen LogP contribution in [0, 0.1) is 0 Å². The lowest BCUT2D eigenvalue weighted by Gasteiger charge is -2.27. The van der Waals surface area contributed by atoms with Crippen molar-refractivity contribution in [1.29, 1.82) is 0 Å². The summed E-state index contributed by atoms with van der Waals surface area (Å²) in [7, 11) is 0. The number of rotatable bonds is 8. The average molecular weight is 296 g/mol. The van der Waals surface area contributed by atoms with Crippen LogP contribution in [0.1, 0.15) is 26.3 Å². The molecule has 0 bridgehead atoms. The van der Waals surface area contributed by atoms with Crippen LogP contribution in [-0.2, 0) is 0 Å². The van der Waals surface area contributed by atoms with Crippen LogP contribution >= 0.6 is 12.2 Å². The minimum absolute atomic E-state index is 0.368. The Balaban J connectivity index is 2.47. The summed E-state index contributed by atoms with van der Waals surface area (Å²) in [6.07, 6.45) is 0. The van der Waals surface area contributed by atoms with Crippen molar-refractivity contribution in [3.8, 4) is 5.75 Å². The van der Waals surface area contributed by atoms with Crippen molar-refractivity contribution in [3.63, 3.8) is 0 Å². The summed E-state index contributed by atoms with van der Waals surface area (Å²) in [6, 6.07) is 7.46. The van der Waals surface area contributed by atoms with E-state index in [0.717, 1.165) is 24.4 Å². The lowest BCUT2D eigenvalue weighted by Crippen LogP contribution is -2.40. The molecule has 4 nitrogen and oxygen atoms in total. The highest BCUT2D eigenvalue weighted by Gasteiger charge is 2.16. The summed E-state index contributed by atoms with van der Waals surface area (Å²) < 4.78 is 5.71. The molecule has 3 N–H and O–H groups in total. The van der Waals surface area contributed by atoms with Crippen molar-refractivity contribution in [2.75, 3.05) is 26.2 Å². The normalized spacial score (nSPS) is 11.7. The number of nitrogens with zero attached hydrogens (tertiary/aromatic N) is 1. The van der Waals surface area contributed by atoms with Gasteiger partial charge in [0.15, 0.2) is 0 Å². The molecule has 0 aliphatic rings. The third kappa shape index (κ3) is 6.32. The third-order valence-electron chi connectivity index (χ3n) is 2.85. The smallest absolute Gasteiger partial charge is 0.120 e. The van der Waals surface area contributed by atoms with Gasteiger partial charge in [-0.1, -0.05) is 31.3 Å². The second kappa shape index (κ2) is 7.57. The highest BCUT2D eigenvalue weighted by atomic mass is 32.1. The van der Waals surface area contributed by atoms with Gasteiger partial charge in [-0.05, 0) is 32.5 Å². The lowest BCUT2D eigenvalue weighted by molar-refractivity contribution is 0.0340. The van der Waals surface area contributed by atoms with Crippen molar-refractivity contribution in [3.05, 3.63) is 29.8 Å². The molecule has 1 aromatic carbocycles. The predicted molar refractivity (Wildman–Crippen MR) is 86.2 cm³/mol. The molecule has 5 heteroatoms. The van der Waals surface area contributed by atoms with E-state index in [-0.39, 0.29) is 0 Å². The number of nitrogens with two attached hydrogens (primary N) is 1. The van der Waals surface area contributed by atoms with Crippen LogP contribution in [-0.4, -0.2) is 46.8 Å². The Labute approximate surface area is 126 Å². The molecule has 112 valence electrons. The molecular weight excluding hydrogens is 272 g/mol. The number of benzene rings is 1. The third-order valence-corrected chi connectivity index (χ3v) is 3.09. The molecule has 0 spiro atoms. The van der Waals surface area contributed by atoms with Gasteiger partial charge in [0.25, 0.3) is 0 Å². The maximum Gasteiger partial charge on any atom is 0.120 e. The largest absolute Gasteiger partial charge is 0.492 e. The summed E-state index contributed by atoms with van der Waals surface area (Å²) in [5.41, 5.74) is 5.70. The SMILES string of the molecule is CCN(CCOc1cccc(C(N)=S)c1)CC(C)(C)O. The average Bonchev–Trinajstić information content (AvgIpc) is 2.36. The molecular formula is C15H24N2O2S. The zero-order chi connectivity index (χ0) is 15.2. The van der Waals surface area contributed by atoms with Crippen molar-refractivity contribution < 1.29 is 9.84 Å². The minimum atomic E-state index is -0.693. The van der Waals surface area contributed by atoms with Crippen molar-refractivity contribution in [2.45, 2.75) is 26.4 Å². The van der Waals surface area contributed by atoms with Crippen LogP contribution in [0.15, 0.2) is 24.3 Å². The van der Waals surface area contributed by atoms with E-state index >= 15 is 0 Å². The number of likely N-dealkylation sites (N-methyl/N-ethyl adjacent to an activating group) is 1. The van der Waals surface area contributed by atoms with E-state index in [9.17, 15) is 5.11 Å². The van der Waals surface area contributed by atoms with Crippen molar-refractivity contribution in [2.24, 2.45) is 5.73 Å². The fraction of sp³-hybridized carbons (Fsp3) is 0.533. The summed E-state index contributed by atoms with van der Waals surface area (Å²) in [5, 5.41) is 9.82. The fourth-order valence-corrected chi connectivity index (χ4v) is 2.05. The molecule has 0 aliphatic heterocycles. The second-order valence-corrected chi connectivity index (χ2v) is 5.86. The van der Waals surface area contributed by atoms with Crippen LogP contribution in [0.2, 0.25) is 0 Å². The van der Waals surface area contributed by atoms with Crippen molar-refractivity contribution >= 4 is 17.2 Å². The van der Waals surface area contributed by atoms with Crippen LogP contribution in [0.3, 0.4) is 0 Å². The van der Waals surface area contributed by atoms with Gasteiger partial charge in [0.1, 0.15) is 17.3 Å². The Bertz CT molecular complexity index is 444. The van der Waals surface area contributed by atoms with E-state index in [1.807, 2.05) is 38.1 Å². The van der Waals surface area contributed by atoms with Gasteiger partial charge >= 0.3 is 0 Å². The van der Waals surface area contributed by atoms with E-state index in [1.165, 1.54) is 0 Å². The molecule has 1 rings (SSSR count). The minimum Gasteiger partial charge on any atom is -0.492 e. The van der Waals surface area contributed by atoms with Crippen molar-refractivity contribution in [1.82, 2.24) is 4.90 Å². The zero-order valence-electron chi connectivity index (χ0n) is 12.4. The summed E-state index contributed by atoms with van der Waals surface area (Å²) in [5.74, 6) is 0.759. The molecule has 20 heavy (non-hydrogen) atoms. The van der Waals surface area contributed by atoms with E-state index in [1.54, 1.807) is 0 Å². The maximum absolute atomic E-state index is 9.82. The van der Waals surface area contributed by atoms with Crippen LogP contribution < -0.4 is 10.5 Å². The maximum atomic E-state index is 9.82. The van der Waals surface area contributed by atoms with Gasteiger partial charge in [0, 0.05) is 18.7 Å². The molecule has 0 saturated carbocycles. The number of hydrogen-bond acceptors (Lipinski definition) is 4. The first-order valence-electron chi connectivity index (χ1n) is 6.79. The molecule has 0 unspecified atom stereocenters. The number of ether oxygens (including phenoxy) is 1. The highest BCUT2D eigenvalue weighted by molar-refractivity contribution is 7.80. The monoisotopic (exact) mass is 296 g/mol. The molecule has 0 aliphatic carbocycles. The van der Waals surface area contributed by atoms with Gasteiger partial charge in [-0.2, -0.15) is 0 Å². The quantitative estimate of drug-likeness (QED) is 0.716. The number of thiocarbonyl (C=S) groups is 1. The first kappa shape index (κ1) is 16.9. The Morgan fingerprint density at radius 2 is 2.15 bits per heavy atom. The number of hydrogen-bond donors (Lipinski definition) is 2. The molecule has 0 radical (unpaired) electrons. The fourth-order valence-electron chi connectivity index (χ4n) is 1.93. The van der Waals surface area contributed by atoms with Gasteiger partial charge in [-0.15, -0.1) is 0 Å². The van der Waals surface area contributed by atoms with Crippen LogP contribution in [0.5, 0.6) is 5.75 Å². The van der Waals surface area contributed by atoms with Gasteiger partial charge in [-0.25, -0.2) is 0 Å². The second-order valence-electron chi connectivity index (χ2n) is 5.42. The Morgan fingerprint density at radius 1 is 1.45 bits per heavy atom. The van der Waals surface area contributed by atoms with Gasteiger partial charge in [0.05, 0.1) is 5.60 Å². The van der Waals surface area contributed by atoms with Gasteiger partial charge < -0.3 is 15.6 Å². The van der Waals surface area contributed by atoms with E-state index < -0.39 is 5.60 Å². The first-order valence-corrected chi connectivity index (χ1v) is 7.20. The van der Waals surface area contributed by atoms with Gasteiger partial charge in [0.2, 0.25) is 0 Å². The summed E-state index contributed by atoms with van der Waals surface area (Å²) >= 11 is 4.94. The first-order chi connectivity index (χ1) is 9.31. The molecule has 0 aromatic heterocycles. The summed E-state index contributed by atoms with van der Waals surface area (Å²) in [6.45, 7) is 8.51.